The number of likely N-dealkylation sites (tertiary alicyclic amines) is 2. The van der Waals surface area contributed by atoms with Crippen molar-refractivity contribution >= 4 is 23.9 Å². The fourth-order valence-corrected chi connectivity index (χ4v) is 8.32. The minimum Gasteiger partial charge on any atom is -0.323 e. The van der Waals surface area contributed by atoms with Gasteiger partial charge in [0.05, 0.1) is 0 Å². The van der Waals surface area contributed by atoms with Gasteiger partial charge in [0.1, 0.15) is 11.1 Å². The number of imide groups is 2. The predicted molar refractivity (Wildman–Crippen MR) is 155 cm³/mol. The molecule has 2 N–H and O–H groups in total. The Morgan fingerprint density at radius 3 is 1.07 bits per heavy atom. The van der Waals surface area contributed by atoms with E-state index < -0.39 is 11.1 Å². The summed E-state index contributed by atoms with van der Waals surface area (Å²) < 4.78 is 0. The summed E-state index contributed by atoms with van der Waals surface area (Å²) in [7, 11) is 4.17. The number of hydrogen-bond donors (Lipinski definition) is 2. The average Bonchev–Trinajstić information content (AvgIpc) is 3.15. The molecule has 4 rings (SSSR count). The molecule has 226 valence electrons. The number of piperidine rings is 2. The number of hydrogen-bond acceptors (Lipinski definition) is 6. The summed E-state index contributed by atoms with van der Waals surface area (Å²) in [5.41, 5.74) is -2.61. The van der Waals surface area contributed by atoms with Gasteiger partial charge in [0.2, 0.25) is 0 Å². The van der Waals surface area contributed by atoms with Crippen LogP contribution in [0.5, 0.6) is 0 Å². The monoisotopic (exact) mass is 560 g/mol. The van der Waals surface area contributed by atoms with Crippen LogP contribution in [-0.4, -0.2) is 104 Å². The lowest BCUT2D eigenvalue weighted by atomic mass is 9.69. The van der Waals surface area contributed by atoms with Crippen molar-refractivity contribution in [1.82, 2.24) is 30.2 Å². The third-order valence-corrected chi connectivity index (χ3v) is 10.6. The van der Waals surface area contributed by atoms with Crippen molar-refractivity contribution in [3.05, 3.63) is 0 Å². The van der Waals surface area contributed by atoms with Gasteiger partial charge in [-0.15, -0.1) is 0 Å². The number of unbranched alkanes of at least 4 members (excludes halogenated alkanes) is 3. The minimum absolute atomic E-state index is 0.111. The molecule has 0 unspecified atom stereocenters. The fraction of sp³-hybridized carbons (Fsp3) is 0.867. The summed E-state index contributed by atoms with van der Waals surface area (Å²) in [4.78, 5) is 60.2. The van der Waals surface area contributed by atoms with Gasteiger partial charge >= 0.3 is 12.1 Å². The van der Waals surface area contributed by atoms with E-state index in [0.717, 1.165) is 12.8 Å². The van der Waals surface area contributed by atoms with Crippen LogP contribution >= 0.6 is 0 Å². The van der Waals surface area contributed by atoms with Gasteiger partial charge in [-0.2, -0.15) is 0 Å². The van der Waals surface area contributed by atoms with Gasteiger partial charge in [0, 0.05) is 35.2 Å². The number of nitrogens with zero attached hydrogens (tertiary/aromatic N) is 4. The zero-order valence-electron chi connectivity index (χ0n) is 26.5. The number of urea groups is 2. The maximum atomic E-state index is 13.5. The molecule has 4 aliphatic heterocycles. The molecule has 0 aromatic heterocycles. The van der Waals surface area contributed by atoms with Crippen molar-refractivity contribution in [2.75, 3.05) is 27.2 Å². The van der Waals surface area contributed by atoms with E-state index in [1.54, 1.807) is 0 Å². The first-order chi connectivity index (χ1) is 18.2. The number of nitrogens with one attached hydrogen (secondary N) is 2. The van der Waals surface area contributed by atoms with E-state index in [2.05, 4.69) is 89.9 Å². The molecule has 0 aromatic rings. The molecule has 0 atom stereocenters. The Morgan fingerprint density at radius 2 is 0.800 bits per heavy atom. The van der Waals surface area contributed by atoms with Gasteiger partial charge in [-0.05, 0) is 108 Å². The van der Waals surface area contributed by atoms with Crippen LogP contribution in [0.3, 0.4) is 0 Å². The molecule has 0 saturated carbocycles. The van der Waals surface area contributed by atoms with Crippen LogP contribution in [-0.2, 0) is 9.59 Å². The quantitative estimate of drug-likeness (QED) is 0.364. The average molecular weight is 561 g/mol. The van der Waals surface area contributed by atoms with Crippen LogP contribution in [0.4, 0.5) is 9.59 Å². The Kier molecular flexibility index (Phi) is 7.44. The molecule has 4 fully saturated rings. The SMILES string of the molecule is CN1C(C)(C)CC2(CC1(C)C)NC(=O)N(CCCCCCN1C(=O)NC3(CC(C)(C)N(C)C(C)(C)C3)C1=O)C2=O. The normalized spacial score (nSPS) is 28.4. The van der Waals surface area contributed by atoms with Crippen molar-refractivity contribution in [1.29, 1.82) is 0 Å². The van der Waals surface area contributed by atoms with Crippen molar-refractivity contribution in [3.63, 3.8) is 0 Å². The molecule has 10 nitrogen and oxygen atoms in total. The third-order valence-electron chi connectivity index (χ3n) is 10.6. The second-order valence-corrected chi connectivity index (χ2v) is 15.4. The molecule has 10 heteroatoms. The first kappa shape index (κ1) is 30.8. The van der Waals surface area contributed by atoms with Crippen molar-refractivity contribution in [2.24, 2.45) is 0 Å². The second-order valence-electron chi connectivity index (χ2n) is 15.4. The zero-order chi connectivity index (χ0) is 30.1. The second kappa shape index (κ2) is 9.68. The van der Waals surface area contributed by atoms with Crippen molar-refractivity contribution in [3.8, 4) is 0 Å². The maximum absolute atomic E-state index is 13.5. The standard InChI is InChI=1S/C30H52N6O4/c1-25(2)17-29(18-26(3,4)33(25)9)21(37)35(23(39)31-29)15-13-11-12-14-16-36-22(38)30(32-24(36)40)19-27(5,6)34(10)28(7,8)20-30/h11-20H2,1-10H3,(H,31,39)(H,32,40). The Morgan fingerprint density at radius 1 is 0.525 bits per heavy atom. The van der Waals surface area contributed by atoms with Gasteiger partial charge in [-0.25, -0.2) is 9.59 Å². The molecular weight excluding hydrogens is 508 g/mol. The van der Waals surface area contributed by atoms with E-state index in [0.29, 0.717) is 51.6 Å². The van der Waals surface area contributed by atoms with Crippen LogP contribution in [0.25, 0.3) is 0 Å². The van der Waals surface area contributed by atoms with Crippen LogP contribution in [0.2, 0.25) is 0 Å². The lowest BCUT2D eigenvalue weighted by Crippen LogP contribution is -2.68. The third kappa shape index (κ3) is 5.03. The number of carbonyl (C=O) groups excluding carboxylic acids is 4. The molecule has 4 aliphatic rings. The molecule has 0 radical (unpaired) electrons. The first-order valence-electron chi connectivity index (χ1n) is 15.0. The lowest BCUT2D eigenvalue weighted by molar-refractivity contribution is -0.140. The summed E-state index contributed by atoms with van der Waals surface area (Å²) in [5, 5.41) is 6.12. The van der Waals surface area contributed by atoms with Crippen molar-refractivity contribution in [2.45, 2.75) is 140 Å². The van der Waals surface area contributed by atoms with E-state index >= 15 is 0 Å². The Bertz CT molecular complexity index is 960. The van der Waals surface area contributed by atoms with E-state index in [-0.39, 0.29) is 46.0 Å². The van der Waals surface area contributed by atoms with Gasteiger partial charge in [0.25, 0.3) is 11.8 Å². The van der Waals surface area contributed by atoms with Crippen LogP contribution in [0, 0.1) is 0 Å². The van der Waals surface area contributed by atoms with E-state index in [9.17, 15) is 19.2 Å². The van der Waals surface area contributed by atoms with Gasteiger partial charge in [-0.3, -0.25) is 29.2 Å². The summed E-state index contributed by atoms with van der Waals surface area (Å²) in [5.74, 6) is -0.222. The minimum atomic E-state index is -0.854. The maximum Gasteiger partial charge on any atom is 0.325 e. The molecular formula is C30H52N6O4. The predicted octanol–water partition coefficient (Wildman–Crippen LogP) is 3.69. The zero-order valence-corrected chi connectivity index (χ0v) is 26.5. The summed E-state index contributed by atoms with van der Waals surface area (Å²) in [6, 6.07) is -0.593. The molecule has 0 bridgehead atoms. The van der Waals surface area contributed by atoms with Crippen LogP contribution in [0.15, 0.2) is 0 Å². The van der Waals surface area contributed by atoms with Gasteiger partial charge < -0.3 is 10.6 Å². The van der Waals surface area contributed by atoms with Crippen LogP contribution in [0.1, 0.15) is 107 Å². The molecule has 4 heterocycles. The number of rotatable bonds is 7. The number of amides is 6. The van der Waals surface area contributed by atoms with E-state index in [1.165, 1.54) is 9.80 Å². The Labute approximate surface area is 240 Å². The fourth-order valence-electron chi connectivity index (χ4n) is 8.32. The van der Waals surface area contributed by atoms with Gasteiger partial charge in [0.15, 0.2) is 0 Å². The van der Waals surface area contributed by atoms with Crippen LogP contribution < -0.4 is 10.6 Å². The highest BCUT2D eigenvalue weighted by Crippen LogP contribution is 2.46. The molecule has 40 heavy (non-hydrogen) atoms. The van der Waals surface area contributed by atoms with E-state index in [1.807, 2.05) is 0 Å². The van der Waals surface area contributed by atoms with Crippen molar-refractivity contribution < 1.29 is 19.2 Å². The summed E-state index contributed by atoms with van der Waals surface area (Å²) in [6.45, 7) is 17.8. The highest BCUT2D eigenvalue weighted by Gasteiger charge is 2.61. The Hall–Kier alpha value is -2.20. The van der Waals surface area contributed by atoms with Gasteiger partial charge in [-0.1, -0.05) is 12.8 Å². The lowest BCUT2D eigenvalue weighted by Gasteiger charge is -2.56. The summed E-state index contributed by atoms with van der Waals surface area (Å²) in [6.07, 6.45) is 5.34. The first-order valence-corrected chi connectivity index (χ1v) is 15.0. The largest absolute Gasteiger partial charge is 0.325 e. The smallest absolute Gasteiger partial charge is 0.323 e. The Balaban J connectivity index is 1.27. The summed E-state index contributed by atoms with van der Waals surface area (Å²) >= 11 is 0. The molecule has 4 saturated heterocycles. The molecule has 2 spiro atoms. The molecule has 0 aromatic carbocycles. The van der Waals surface area contributed by atoms with E-state index in [4.69, 9.17) is 0 Å². The highest BCUT2D eigenvalue weighted by molar-refractivity contribution is 6.08. The molecule has 6 amide bonds. The highest BCUT2D eigenvalue weighted by atomic mass is 16.2. The topological polar surface area (TPSA) is 105 Å². The molecule has 0 aliphatic carbocycles. The number of carbonyl (C=O) groups is 4.